The van der Waals surface area contributed by atoms with Crippen LogP contribution in [0.4, 0.5) is 0 Å². The van der Waals surface area contributed by atoms with E-state index in [9.17, 15) is 0 Å². The van der Waals surface area contributed by atoms with E-state index in [1.165, 1.54) is 76.3 Å². The lowest BCUT2D eigenvalue weighted by Crippen LogP contribution is -2.39. The van der Waals surface area contributed by atoms with Crippen LogP contribution in [0.15, 0.2) is 168 Å². The molecule has 8 aromatic rings. The average Bonchev–Trinajstić information content (AvgIpc) is 3.51. The molecule has 7 aromatic carbocycles. The van der Waals surface area contributed by atoms with Gasteiger partial charge in [-0.05, 0) is 66.2 Å². The molecule has 48 heavy (non-hydrogen) atoms. The molecule has 0 aliphatic heterocycles. The Morgan fingerprint density at radius 3 is 1.96 bits per heavy atom. The van der Waals surface area contributed by atoms with Gasteiger partial charge < -0.3 is 4.42 Å². The second-order valence-corrected chi connectivity index (χ2v) is 13.4. The first-order chi connectivity index (χ1) is 23.7. The zero-order valence-corrected chi connectivity index (χ0v) is 26.7. The highest BCUT2D eigenvalue weighted by Gasteiger charge is 2.39. The SMILES string of the molecule is CC12C=CC=CC1=c1oc3ccccc3c1=CC2c1cccc(-c2c3ccccc3c(-c3cccc4ccccc34)c3ccccc23)c1. The first-order valence-corrected chi connectivity index (χ1v) is 16.8. The van der Waals surface area contributed by atoms with Gasteiger partial charge in [0.25, 0.3) is 0 Å². The van der Waals surface area contributed by atoms with Crippen LogP contribution in [-0.4, -0.2) is 0 Å². The summed E-state index contributed by atoms with van der Waals surface area (Å²) in [5.74, 6) is 0.134. The summed E-state index contributed by atoms with van der Waals surface area (Å²) in [5, 5.41) is 9.99. The smallest absolute Gasteiger partial charge is 0.139 e. The van der Waals surface area contributed by atoms with Crippen LogP contribution in [0.3, 0.4) is 0 Å². The number of hydrogen-bond donors (Lipinski definition) is 0. The molecule has 10 rings (SSSR count). The van der Waals surface area contributed by atoms with Crippen LogP contribution in [0.5, 0.6) is 0 Å². The third-order valence-corrected chi connectivity index (χ3v) is 10.8. The van der Waals surface area contributed by atoms with Gasteiger partial charge >= 0.3 is 0 Å². The molecule has 2 aliphatic carbocycles. The third kappa shape index (κ3) is 3.85. The van der Waals surface area contributed by atoms with Gasteiger partial charge in [-0.15, -0.1) is 0 Å². The molecule has 0 fully saturated rings. The normalized spacial score (nSPS) is 18.4. The number of allylic oxidation sites excluding steroid dienone is 4. The summed E-state index contributed by atoms with van der Waals surface area (Å²) < 4.78 is 6.52. The Bertz CT molecular complexity index is 2750. The molecule has 2 atom stereocenters. The van der Waals surface area contributed by atoms with Crippen LogP contribution in [0, 0.1) is 5.41 Å². The lowest BCUT2D eigenvalue weighted by Gasteiger charge is -2.38. The van der Waals surface area contributed by atoms with Crippen LogP contribution in [0.2, 0.25) is 0 Å². The maximum Gasteiger partial charge on any atom is 0.139 e. The lowest BCUT2D eigenvalue weighted by atomic mass is 9.64. The van der Waals surface area contributed by atoms with Gasteiger partial charge in [-0.2, -0.15) is 0 Å². The number of furan rings is 1. The Morgan fingerprint density at radius 2 is 1.19 bits per heavy atom. The fourth-order valence-electron chi connectivity index (χ4n) is 8.54. The van der Waals surface area contributed by atoms with E-state index in [1.807, 2.05) is 0 Å². The molecule has 2 aliphatic rings. The predicted molar refractivity (Wildman–Crippen MR) is 202 cm³/mol. The van der Waals surface area contributed by atoms with Gasteiger partial charge in [-0.1, -0.05) is 171 Å². The summed E-state index contributed by atoms with van der Waals surface area (Å²) >= 11 is 0. The highest BCUT2D eigenvalue weighted by molar-refractivity contribution is 6.23. The number of hydrogen-bond acceptors (Lipinski definition) is 1. The molecule has 0 amide bonds. The monoisotopic (exact) mass is 612 g/mol. The van der Waals surface area contributed by atoms with Crippen molar-refractivity contribution in [1.82, 2.24) is 0 Å². The van der Waals surface area contributed by atoms with E-state index in [0.29, 0.717) is 0 Å². The van der Waals surface area contributed by atoms with Crippen molar-refractivity contribution >= 4 is 54.9 Å². The Hall–Kier alpha value is -5.92. The van der Waals surface area contributed by atoms with Gasteiger partial charge in [-0.3, -0.25) is 0 Å². The van der Waals surface area contributed by atoms with Crippen LogP contribution < -0.4 is 10.6 Å². The standard InChI is InChI=1S/C47H32O/c1-47-27-11-10-25-41(47)46-40(34-19-8-9-26-43(34)48-46)29-42(47)31-16-12-17-32(28-31)44-36-20-4-6-22-38(36)45(39-23-7-5-21-37(39)44)35-24-13-15-30-14-2-3-18-33(30)35/h2-29,42H,1H3. The van der Waals surface area contributed by atoms with Gasteiger partial charge in [0.2, 0.25) is 0 Å². The van der Waals surface area contributed by atoms with Gasteiger partial charge in [0.05, 0.1) is 0 Å². The fraction of sp³-hybridized carbons (Fsp3) is 0.0638. The molecule has 1 nitrogen and oxygen atoms in total. The van der Waals surface area contributed by atoms with Crippen LogP contribution in [0.25, 0.3) is 77.2 Å². The molecule has 0 bridgehead atoms. The van der Waals surface area contributed by atoms with E-state index in [0.717, 1.165) is 11.0 Å². The van der Waals surface area contributed by atoms with Gasteiger partial charge in [0.1, 0.15) is 11.0 Å². The van der Waals surface area contributed by atoms with Gasteiger partial charge in [-0.25, -0.2) is 0 Å². The molecule has 0 saturated heterocycles. The Balaban J connectivity index is 1.24. The summed E-state index contributed by atoms with van der Waals surface area (Å²) in [6.45, 7) is 2.36. The topological polar surface area (TPSA) is 13.1 Å². The van der Waals surface area contributed by atoms with E-state index in [2.05, 4.69) is 177 Å². The maximum absolute atomic E-state index is 6.52. The van der Waals surface area contributed by atoms with Gasteiger partial charge in [0, 0.05) is 27.5 Å². The number of rotatable bonds is 3. The first-order valence-electron chi connectivity index (χ1n) is 16.8. The van der Waals surface area contributed by atoms with E-state index in [-0.39, 0.29) is 11.3 Å². The first kappa shape index (κ1) is 27.2. The minimum absolute atomic E-state index is 0.134. The van der Waals surface area contributed by atoms with E-state index in [1.54, 1.807) is 0 Å². The average molecular weight is 613 g/mol. The van der Waals surface area contributed by atoms with Crippen molar-refractivity contribution in [3.05, 3.63) is 180 Å². The molecule has 0 spiro atoms. The summed E-state index contributed by atoms with van der Waals surface area (Å²) in [7, 11) is 0. The van der Waals surface area contributed by atoms with Crippen molar-refractivity contribution in [2.75, 3.05) is 0 Å². The van der Waals surface area contributed by atoms with E-state index < -0.39 is 0 Å². The maximum atomic E-state index is 6.52. The third-order valence-electron chi connectivity index (χ3n) is 10.8. The van der Waals surface area contributed by atoms with Crippen molar-refractivity contribution in [2.45, 2.75) is 12.8 Å². The molecule has 0 N–H and O–H groups in total. The van der Waals surface area contributed by atoms with E-state index >= 15 is 0 Å². The number of para-hydroxylation sites is 1. The Kier molecular flexibility index (Phi) is 5.83. The number of fused-ring (bicyclic) bond motifs is 7. The van der Waals surface area contributed by atoms with Crippen LogP contribution >= 0.6 is 0 Å². The fourth-order valence-corrected chi connectivity index (χ4v) is 8.54. The second kappa shape index (κ2) is 10.3. The summed E-state index contributed by atoms with van der Waals surface area (Å²) in [5.41, 5.74) is 9.32. The van der Waals surface area contributed by atoms with Crippen molar-refractivity contribution < 1.29 is 4.42 Å². The molecule has 1 aromatic heterocycles. The van der Waals surface area contributed by atoms with Crippen molar-refractivity contribution in [1.29, 1.82) is 0 Å². The Morgan fingerprint density at radius 1 is 0.562 bits per heavy atom. The molecule has 1 heterocycles. The van der Waals surface area contributed by atoms with Crippen molar-refractivity contribution in [3.8, 4) is 22.3 Å². The van der Waals surface area contributed by atoms with Crippen LogP contribution in [-0.2, 0) is 0 Å². The zero-order chi connectivity index (χ0) is 31.8. The second-order valence-electron chi connectivity index (χ2n) is 13.4. The predicted octanol–water partition coefficient (Wildman–Crippen LogP) is 11.1. The molecular formula is C47H32O. The number of benzene rings is 7. The summed E-state index contributed by atoms with van der Waals surface area (Å²) in [6, 6.07) is 51.0. The highest BCUT2D eigenvalue weighted by Crippen LogP contribution is 2.50. The van der Waals surface area contributed by atoms with Crippen molar-refractivity contribution in [2.24, 2.45) is 5.41 Å². The summed E-state index contributed by atoms with van der Waals surface area (Å²) in [6.07, 6.45) is 11.4. The quantitative estimate of drug-likeness (QED) is 0.181. The molecule has 2 unspecified atom stereocenters. The minimum atomic E-state index is -0.239. The lowest BCUT2D eigenvalue weighted by molar-refractivity contribution is 0.488. The highest BCUT2D eigenvalue weighted by atomic mass is 16.3. The Labute approximate surface area is 279 Å². The molecule has 1 heteroatoms. The summed E-state index contributed by atoms with van der Waals surface area (Å²) in [4.78, 5) is 0. The van der Waals surface area contributed by atoms with Crippen molar-refractivity contribution in [3.63, 3.8) is 0 Å². The molecule has 226 valence electrons. The van der Waals surface area contributed by atoms with E-state index in [4.69, 9.17) is 4.42 Å². The van der Waals surface area contributed by atoms with Crippen LogP contribution in [0.1, 0.15) is 18.4 Å². The molecule has 0 saturated carbocycles. The molecule has 0 radical (unpaired) electrons. The molecular weight excluding hydrogens is 581 g/mol. The zero-order valence-electron chi connectivity index (χ0n) is 26.7. The van der Waals surface area contributed by atoms with Gasteiger partial charge in [0.15, 0.2) is 0 Å². The largest absolute Gasteiger partial charge is 0.456 e. The minimum Gasteiger partial charge on any atom is -0.456 e.